The number of allylic oxidation sites excluding steroid dienone is 3. The molecule has 0 unspecified atom stereocenters. The summed E-state index contributed by atoms with van der Waals surface area (Å²) >= 11 is 0. The highest BCUT2D eigenvalue weighted by Gasteiger charge is 2.01. The van der Waals surface area contributed by atoms with Crippen molar-refractivity contribution in [3.8, 4) is 11.8 Å². The van der Waals surface area contributed by atoms with Crippen LogP contribution in [-0.4, -0.2) is 0 Å². The van der Waals surface area contributed by atoms with Gasteiger partial charge in [-0.25, -0.2) is 0 Å². The van der Waals surface area contributed by atoms with Gasteiger partial charge < -0.3 is 0 Å². The van der Waals surface area contributed by atoms with E-state index in [-0.39, 0.29) is 5.41 Å². The van der Waals surface area contributed by atoms with Crippen molar-refractivity contribution in [3.05, 3.63) is 24.3 Å². The van der Waals surface area contributed by atoms with E-state index in [1.165, 1.54) is 5.57 Å². The minimum Gasteiger partial charge on any atom is -0.100 e. The predicted molar refractivity (Wildman–Crippen MR) is 60.4 cm³/mol. The van der Waals surface area contributed by atoms with Crippen molar-refractivity contribution >= 4 is 0 Å². The van der Waals surface area contributed by atoms with Crippen molar-refractivity contribution in [1.29, 1.82) is 0 Å². The van der Waals surface area contributed by atoms with E-state index in [0.717, 1.165) is 12.8 Å². The van der Waals surface area contributed by atoms with Crippen molar-refractivity contribution in [2.75, 3.05) is 0 Å². The van der Waals surface area contributed by atoms with Crippen molar-refractivity contribution in [3.63, 3.8) is 0 Å². The minimum absolute atomic E-state index is 0.110. The van der Waals surface area contributed by atoms with Crippen LogP contribution in [0.3, 0.4) is 0 Å². The maximum absolute atomic E-state index is 3.84. The van der Waals surface area contributed by atoms with Crippen LogP contribution in [0.5, 0.6) is 0 Å². The largest absolute Gasteiger partial charge is 0.100 e. The molecule has 0 saturated heterocycles. The Morgan fingerprint density at radius 1 is 1.38 bits per heavy atom. The molecule has 0 fully saturated rings. The molecule has 13 heavy (non-hydrogen) atoms. The van der Waals surface area contributed by atoms with Crippen LogP contribution in [0.4, 0.5) is 0 Å². The number of rotatable bonds is 3. The quantitative estimate of drug-likeness (QED) is 0.451. The van der Waals surface area contributed by atoms with E-state index in [2.05, 4.69) is 52.2 Å². The van der Waals surface area contributed by atoms with Crippen molar-refractivity contribution in [2.24, 2.45) is 5.41 Å². The fraction of sp³-hybridized carbons (Fsp3) is 0.538. The zero-order chi connectivity index (χ0) is 10.3. The van der Waals surface area contributed by atoms with E-state index >= 15 is 0 Å². The second kappa shape index (κ2) is 5.65. The van der Waals surface area contributed by atoms with Crippen LogP contribution in [0.2, 0.25) is 0 Å². The van der Waals surface area contributed by atoms with Crippen molar-refractivity contribution in [1.82, 2.24) is 0 Å². The SMILES string of the molecule is C=C(C)CC/C=C/C#CC(C)(C)C. The first kappa shape index (κ1) is 12.0. The molecule has 0 spiro atoms. The molecule has 0 saturated carbocycles. The molecule has 72 valence electrons. The van der Waals surface area contributed by atoms with E-state index in [9.17, 15) is 0 Å². The molecule has 0 heteroatoms. The average molecular weight is 176 g/mol. The summed E-state index contributed by atoms with van der Waals surface area (Å²) in [5.41, 5.74) is 1.34. The topological polar surface area (TPSA) is 0 Å². The Morgan fingerprint density at radius 3 is 2.46 bits per heavy atom. The summed E-state index contributed by atoms with van der Waals surface area (Å²) in [5.74, 6) is 6.19. The molecule has 0 atom stereocenters. The maximum atomic E-state index is 3.84. The molecule has 0 aliphatic rings. The third kappa shape index (κ3) is 11.0. The third-order valence-corrected chi connectivity index (χ3v) is 1.39. The highest BCUT2D eigenvalue weighted by atomic mass is 14.0. The first-order valence-electron chi connectivity index (χ1n) is 4.74. The Hall–Kier alpha value is -0.960. The van der Waals surface area contributed by atoms with Gasteiger partial charge in [0.25, 0.3) is 0 Å². The van der Waals surface area contributed by atoms with E-state index in [4.69, 9.17) is 0 Å². The molecule has 0 radical (unpaired) electrons. The molecule has 0 bridgehead atoms. The Bertz CT molecular complexity index is 237. The molecular formula is C13H20. The van der Waals surface area contributed by atoms with Gasteiger partial charge in [-0.2, -0.15) is 0 Å². The van der Waals surface area contributed by atoms with E-state index < -0.39 is 0 Å². The zero-order valence-electron chi connectivity index (χ0n) is 9.28. The smallest absolute Gasteiger partial charge is 0.0233 e. The molecule has 0 nitrogen and oxygen atoms in total. The summed E-state index contributed by atoms with van der Waals surface area (Å²) < 4.78 is 0. The summed E-state index contributed by atoms with van der Waals surface area (Å²) in [7, 11) is 0. The summed E-state index contributed by atoms with van der Waals surface area (Å²) in [6, 6.07) is 0. The van der Waals surface area contributed by atoms with E-state index in [0.29, 0.717) is 0 Å². The molecular weight excluding hydrogens is 156 g/mol. The third-order valence-electron chi connectivity index (χ3n) is 1.39. The second-order valence-corrected chi connectivity index (χ2v) is 4.42. The highest BCUT2D eigenvalue weighted by molar-refractivity contribution is 5.19. The van der Waals surface area contributed by atoms with Gasteiger partial charge in [-0.05, 0) is 46.6 Å². The molecule has 0 N–H and O–H groups in total. The minimum atomic E-state index is 0.110. The van der Waals surface area contributed by atoms with Gasteiger partial charge in [-0.15, -0.1) is 6.58 Å². The monoisotopic (exact) mass is 176 g/mol. The lowest BCUT2D eigenvalue weighted by Crippen LogP contribution is -1.98. The Balaban J connectivity index is 3.74. The fourth-order valence-corrected chi connectivity index (χ4v) is 0.730. The first-order chi connectivity index (χ1) is 5.92. The van der Waals surface area contributed by atoms with Gasteiger partial charge in [0, 0.05) is 5.41 Å². The first-order valence-corrected chi connectivity index (χ1v) is 4.74. The lowest BCUT2D eigenvalue weighted by atomic mass is 9.98. The van der Waals surface area contributed by atoms with Crippen LogP contribution in [0, 0.1) is 17.3 Å². The lowest BCUT2D eigenvalue weighted by Gasteiger charge is -2.05. The van der Waals surface area contributed by atoms with Gasteiger partial charge in [0.1, 0.15) is 0 Å². The molecule has 0 aromatic rings. The van der Waals surface area contributed by atoms with Gasteiger partial charge in [0.2, 0.25) is 0 Å². The highest BCUT2D eigenvalue weighted by Crippen LogP contribution is 2.09. The molecule has 0 amide bonds. The van der Waals surface area contributed by atoms with Crippen LogP contribution >= 0.6 is 0 Å². The van der Waals surface area contributed by atoms with Crippen LogP contribution in [-0.2, 0) is 0 Å². The Kier molecular flexibility index (Phi) is 5.23. The molecule has 0 heterocycles. The normalized spacial score (nSPS) is 11.1. The number of hydrogen-bond acceptors (Lipinski definition) is 0. The van der Waals surface area contributed by atoms with Crippen molar-refractivity contribution < 1.29 is 0 Å². The van der Waals surface area contributed by atoms with Crippen LogP contribution in [0.15, 0.2) is 24.3 Å². The predicted octanol–water partition coefficient (Wildman–Crippen LogP) is 3.95. The number of hydrogen-bond donors (Lipinski definition) is 0. The van der Waals surface area contributed by atoms with Crippen LogP contribution in [0.25, 0.3) is 0 Å². The lowest BCUT2D eigenvalue weighted by molar-refractivity contribution is 0.571. The zero-order valence-corrected chi connectivity index (χ0v) is 9.28. The van der Waals surface area contributed by atoms with E-state index in [1.54, 1.807) is 0 Å². The molecule has 0 aromatic carbocycles. The molecule has 0 rings (SSSR count). The van der Waals surface area contributed by atoms with Gasteiger partial charge in [0.05, 0.1) is 0 Å². The van der Waals surface area contributed by atoms with Crippen molar-refractivity contribution in [2.45, 2.75) is 40.5 Å². The summed E-state index contributed by atoms with van der Waals surface area (Å²) in [4.78, 5) is 0. The average Bonchev–Trinajstić information content (AvgIpc) is 1.93. The molecule has 0 aliphatic carbocycles. The van der Waals surface area contributed by atoms with E-state index in [1.807, 2.05) is 6.08 Å². The van der Waals surface area contributed by atoms with Crippen LogP contribution in [0.1, 0.15) is 40.5 Å². The molecule has 0 aromatic heterocycles. The van der Waals surface area contributed by atoms with Gasteiger partial charge >= 0.3 is 0 Å². The Labute approximate surface area is 82.7 Å². The Morgan fingerprint density at radius 2 is 2.00 bits per heavy atom. The summed E-state index contributed by atoms with van der Waals surface area (Å²) in [5, 5.41) is 0. The van der Waals surface area contributed by atoms with Gasteiger partial charge in [-0.3, -0.25) is 0 Å². The maximum Gasteiger partial charge on any atom is 0.0233 e. The second-order valence-electron chi connectivity index (χ2n) is 4.42. The fourth-order valence-electron chi connectivity index (χ4n) is 0.730. The summed E-state index contributed by atoms with van der Waals surface area (Å²) in [6.07, 6.45) is 6.16. The summed E-state index contributed by atoms with van der Waals surface area (Å²) in [6.45, 7) is 12.2. The van der Waals surface area contributed by atoms with Gasteiger partial charge in [-0.1, -0.05) is 23.5 Å². The molecule has 0 aliphatic heterocycles. The standard InChI is InChI=1S/C13H20/c1-12(2)10-8-6-7-9-11-13(3,4)5/h6-7H,1,8,10H2,2-5H3/b7-6+. The van der Waals surface area contributed by atoms with Gasteiger partial charge in [0.15, 0.2) is 0 Å². The van der Waals surface area contributed by atoms with Crippen LogP contribution < -0.4 is 0 Å².